The smallest absolute Gasteiger partial charge is 0.214 e. The molecule has 102 valence electrons. The zero-order valence-corrected chi connectivity index (χ0v) is 11.3. The predicted octanol–water partition coefficient (Wildman–Crippen LogP) is 0.602. The van der Waals surface area contributed by atoms with E-state index < -0.39 is 10.0 Å². The maximum Gasteiger partial charge on any atom is 0.214 e. The van der Waals surface area contributed by atoms with Crippen LogP contribution in [0.25, 0.3) is 0 Å². The van der Waals surface area contributed by atoms with Crippen LogP contribution in [0.15, 0.2) is 0 Å². The van der Waals surface area contributed by atoms with Gasteiger partial charge in [0, 0.05) is 19.7 Å². The van der Waals surface area contributed by atoms with Crippen LogP contribution in [0.2, 0.25) is 0 Å². The van der Waals surface area contributed by atoms with Crippen LogP contribution in [0.4, 0.5) is 0 Å². The molecule has 1 aliphatic rings. The Bertz CT molecular complexity index is 300. The molecule has 1 atom stereocenters. The minimum absolute atomic E-state index is 0.103. The van der Waals surface area contributed by atoms with E-state index in [1.807, 2.05) is 0 Å². The van der Waals surface area contributed by atoms with Gasteiger partial charge in [0.15, 0.2) is 0 Å². The van der Waals surface area contributed by atoms with E-state index in [4.69, 9.17) is 10.5 Å². The fourth-order valence-corrected chi connectivity index (χ4v) is 3.77. The van der Waals surface area contributed by atoms with Gasteiger partial charge < -0.3 is 10.5 Å². The van der Waals surface area contributed by atoms with Crippen LogP contribution in [-0.2, 0) is 14.8 Å². The van der Waals surface area contributed by atoms with E-state index >= 15 is 0 Å². The Morgan fingerprint density at radius 1 is 1.35 bits per heavy atom. The lowest BCUT2D eigenvalue weighted by Gasteiger charge is -2.22. The number of sulfonamides is 1. The normalized spacial score (nSPS) is 20.4. The molecule has 0 amide bonds. The summed E-state index contributed by atoms with van der Waals surface area (Å²) >= 11 is 0. The third-order valence-corrected chi connectivity index (χ3v) is 5.15. The summed E-state index contributed by atoms with van der Waals surface area (Å²) in [6, 6.07) is -0.103. The molecular formula is C11H24N2O3S. The molecule has 1 unspecified atom stereocenters. The standard InChI is InChI=1S/C11H24N2O3S/c1-16-9-10(12)7-8-13-17(14,15)11-5-3-2-4-6-11/h10-11,13H,2-9,12H2,1H3. The van der Waals surface area contributed by atoms with Crippen LogP contribution < -0.4 is 10.5 Å². The first-order chi connectivity index (χ1) is 8.06. The maximum atomic E-state index is 11.9. The van der Waals surface area contributed by atoms with E-state index in [0.717, 1.165) is 32.1 Å². The summed E-state index contributed by atoms with van der Waals surface area (Å²) in [6.07, 6.45) is 5.40. The van der Waals surface area contributed by atoms with Crippen molar-refractivity contribution in [3.05, 3.63) is 0 Å². The second kappa shape index (κ2) is 7.31. The zero-order valence-electron chi connectivity index (χ0n) is 10.5. The molecular weight excluding hydrogens is 240 g/mol. The lowest BCUT2D eigenvalue weighted by atomic mass is 10.0. The molecule has 1 rings (SSSR count). The largest absolute Gasteiger partial charge is 0.383 e. The SMILES string of the molecule is COCC(N)CCNS(=O)(=O)C1CCCCC1. The fraction of sp³-hybridized carbons (Fsp3) is 1.00. The molecule has 0 aromatic heterocycles. The van der Waals surface area contributed by atoms with E-state index in [-0.39, 0.29) is 11.3 Å². The summed E-state index contributed by atoms with van der Waals surface area (Å²) in [5, 5.41) is -0.199. The van der Waals surface area contributed by atoms with E-state index in [2.05, 4.69) is 4.72 Å². The molecule has 1 aliphatic carbocycles. The van der Waals surface area contributed by atoms with Crippen LogP contribution in [0.5, 0.6) is 0 Å². The number of rotatable bonds is 7. The van der Waals surface area contributed by atoms with Crippen molar-refractivity contribution in [1.82, 2.24) is 4.72 Å². The molecule has 0 heterocycles. The van der Waals surface area contributed by atoms with Gasteiger partial charge in [-0.15, -0.1) is 0 Å². The zero-order chi connectivity index (χ0) is 12.7. The Kier molecular flexibility index (Phi) is 6.40. The van der Waals surface area contributed by atoms with Gasteiger partial charge in [-0.3, -0.25) is 0 Å². The van der Waals surface area contributed by atoms with Crippen LogP contribution in [0.1, 0.15) is 38.5 Å². The monoisotopic (exact) mass is 264 g/mol. The molecule has 0 spiro atoms. The Labute approximate surface area is 104 Å². The van der Waals surface area contributed by atoms with Crippen molar-refractivity contribution < 1.29 is 13.2 Å². The van der Waals surface area contributed by atoms with Crippen molar-refractivity contribution in [2.75, 3.05) is 20.3 Å². The highest BCUT2D eigenvalue weighted by atomic mass is 32.2. The molecule has 0 bridgehead atoms. The van der Waals surface area contributed by atoms with Crippen LogP contribution >= 0.6 is 0 Å². The Balaban J connectivity index is 2.29. The number of ether oxygens (including phenoxy) is 1. The fourth-order valence-electron chi connectivity index (χ4n) is 2.18. The molecule has 0 aromatic carbocycles. The van der Waals surface area contributed by atoms with Crippen molar-refractivity contribution >= 4 is 10.0 Å². The molecule has 17 heavy (non-hydrogen) atoms. The summed E-state index contributed by atoms with van der Waals surface area (Å²) in [5.74, 6) is 0. The lowest BCUT2D eigenvalue weighted by molar-refractivity contribution is 0.177. The topological polar surface area (TPSA) is 81.4 Å². The van der Waals surface area contributed by atoms with E-state index in [1.165, 1.54) is 0 Å². The summed E-state index contributed by atoms with van der Waals surface area (Å²) in [7, 11) is -1.55. The molecule has 1 saturated carbocycles. The number of nitrogens with two attached hydrogens (primary N) is 1. The highest BCUT2D eigenvalue weighted by Gasteiger charge is 2.26. The Morgan fingerprint density at radius 2 is 2.00 bits per heavy atom. The average Bonchev–Trinajstić information content (AvgIpc) is 2.30. The minimum Gasteiger partial charge on any atom is -0.383 e. The minimum atomic E-state index is -3.14. The van der Waals surface area contributed by atoms with Crippen LogP contribution in [0.3, 0.4) is 0 Å². The number of hydrogen-bond donors (Lipinski definition) is 2. The van der Waals surface area contributed by atoms with Gasteiger partial charge in [0.1, 0.15) is 0 Å². The lowest BCUT2D eigenvalue weighted by Crippen LogP contribution is -2.38. The highest BCUT2D eigenvalue weighted by molar-refractivity contribution is 7.90. The van der Waals surface area contributed by atoms with E-state index in [9.17, 15) is 8.42 Å². The van der Waals surface area contributed by atoms with Crippen molar-refractivity contribution in [1.29, 1.82) is 0 Å². The van der Waals surface area contributed by atoms with Gasteiger partial charge in [0.25, 0.3) is 0 Å². The van der Waals surface area contributed by atoms with Gasteiger partial charge in [-0.05, 0) is 19.3 Å². The first-order valence-corrected chi connectivity index (χ1v) is 7.84. The molecule has 1 fully saturated rings. The molecule has 0 radical (unpaired) electrons. The van der Waals surface area contributed by atoms with Gasteiger partial charge in [-0.1, -0.05) is 19.3 Å². The Hall–Kier alpha value is -0.170. The molecule has 6 heteroatoms. The van der Waals surface area contributed by atoms with Gasteiger partial charge in [0.05, 0.1) is 11.9 Å². The van der Waals surface area contributed by atoms with E-state index in [1.54, 1.807) is 7.11 Å². The molecule has 3 N–H and O–H groups in total. The molecule has 0 saturated heterocycles. The molecule has 5 nitrogen and oxygen atoms in total. The summed E-state index contributed by atoms with van der Waals surface area (Å²) in [4.78, 5) is 0. The van der Waals surface area contributed by atoms with Crippen molar-refractivity contribution in [2.45, 2.75) is 49.8 Å². The van der Waals surface area contributed by atoms with E-state index in [0.29, 0.717) is 19.6 Å². The van der Waals surface area contributed by atoms with Crippen LogP contribution in [0, 0.1) is 0 Å². The Morgan fingerprint density at radius 3 is 2.59 bits per heavy atom. The predicted molar refractivity (Wildman–Crippen MR) is 68.3 cm³/mol. The second-order valence-corrected chi connectivity index (χ2v) is 6.75. The van der Waals surface area contributed by atoms with Gasteiger partial charge in [-0.2, -0.15) is 0 Å². The van der Waals surface area contributed by atoms with Crippen molar-refractivity contribution in [3.63, 3.8) is 0 Å². The number of hydrogen-bond acceptors (Lipinski definition) is 4. The third-order valence-electron chi connectivity index (χ3n) is 3.19. The maximum absolute atomic E-state index is 11.9. The van der Waals surface area contributed by atoms with Crippen LogP contribution in [-0.4, -0.2) is 40.0 Å². The van der Waals surface area contributed by atoms with Gasteiger partial charge >= 0.3 is 0 Å². The number of nitrogens with one attached hydrogen (secondary N) is 1. The van der Waals surface area contributed by atoms with Gasteiger partial charge in [-0.25, -0.2) is 13.1 Å². The number of methoxy groups -OCH3 is 1. The second-order valence-electron chi connectivity index (χ2n) is 4.70. The quantitative estimate of drug-likeness (QED) is 0.705. The average molecular weight is 264 g/mol. The third kappa shape index (κ3) is 5.33. The first-order valence-electron chi connectivity index (χ1n) is 6.29. The summed E-state index contributed by atoms with van der Waals surface area (Å²) in [6.45, 7) is 0.870. The van der Waals surface area contributed by atoms with Gasteiger partial charge in [0.2, 0.25) is 10.0 Å². The van der Waals surface area contributed by atoms with Crippen molar-refractivity contribution in [3.8, 4) is 0 Å². The molecule has 0 aliphatic heterocycles. The summed E-state index contributed by atoms with van der Waals surface area (Å²) in [5.41, 5.74) is 5.73. The summed E-state index contributed by atoms with van der Waals surface area (Å²) < 4.78 is 31.4. The van der Waals surface area contributed by atoms with Crippen molar-refractivity contribution in [2.24, 2.45) is 5.73 Å². The highest BCUT2D eigenvalue weighted by Crippen LogP contribution is 2.22. The molecule has 0 aromatic rings. The first kappa shape index (κ1) is 14.9.